The van der Waals surface area contributed by atoms with E-state index in [0.717, 1.165) is 38.0 Å². The van der Waals surface area contributed by atoms with Gasteiger partial charge in [-0.25, -0.2) is 4.98 Å². The van der Waals surface area contributed by atoms with Gasteiger partial charge in [0.25, 0.3) is 0 Å². The van der Waals surface area contributed by atoms with Gasteiger partial charge >= 0.3 is 0 Å². The molecular weight excluding hydrogens is 190 g/mol. The Labute approximate surface area is 90.6 Å². The molecule has 1 saturated heterocycles. The molecule has 2 heterocycles. The first-order valence-electron chi connectivity index (χ1n) is 5.62. The van der Waals surface area contributed by atoms with Crippen LogP contribution in [-0.4, -0.2) is 29.8 Å². The Kier molecular flexibility index (Phi) is 3.75. The predicted octanol–water partition coefficient (Wildman–Crippen LogP) is 1.03. The van der Waals surface area contributed by atoms with Crippen molar-refractivity contribution in [3.63, 3.8) is 0 Å². The summed E-state index contributed by atoms with van der Waals surface area (Å²) < 4.78 is 7.62. The number of hydrogen-bond donors (Lipinski definition) is 1. The molecule has 0 spiro atoms. The quantitative estimate of drug-likeness (QED) is 0.805. The third-order valence-corrected chi connectivity index (χ3v) is 2.93. The van der Waals surface area contributed by atoms with Crippen LogP contribution in [-0.2, 0) is 17.8 Å². The molecule has 4 heteroatoms. The summed E-state index contributed by atoms with van der Waals surface area (Å²) in [5, 5.41) is 3.14. The minimum Gasteiger partial charge on any atom is -0.381 e. The molecule has 15 heavy (non-hydrogen) atoms. The zero-order valence-corrected chi connectivity index (χ0v) is 9.28. The molecule has 0 unspecified atom stereocenters. The molecule has 0 aliphatic carbocycles. The van der Waals surface area contributed by atoms with E-state index < -0.39 is 0 Å². The Hall–Kier alpha value is -0.870. The third kappa shape index (κ3) is 2.79. The predicted molar refractivity (Wildman–Crippen MR) is 58.5 cm³/mol. The van der Waals surface area contributed by atoms with Crippen molar-refractivity contribution in [3.8, 4) is 0 Å². The highest BCUT2D eigenvalue weighted by atomic mass is 16.5. The second-order valence-corrected chi connectivity index (χ2v) is 4.08. The molecule has 2 rings (SSSR count). The number of aromatic nitrogens is 2. The zero-order valence-electron chi connectivity index (χ0n) is 9.28. The largest absolute Gasteiger partial charge is 0.381 e. The van der Waals surface area contributed by atoms with E-state index in [1.54, 1.807) is 0 Å². The van der Waals surface area contributed by atoms with Crippen LogP contribution in [0.25, 0.3) is 0 Å². The first-order valence-corrected chi connectivity index (χ1v) is 5.62. The average Bonchev–Trinajstić information content (AvgIpc) is 2.68. The van der Waals surface area contributed by atoms with Crippen molar-refractivity contribution in [3.05, 3.63) is 18.2 Å². The molecule has 1 fully saturated rings. The normalized spacial score (nSPS) is 18.2. The lowest BCUT2D eigenvalue weighted by Gasteiger charge is -2.23. The van der Waals surface area contributed by atoms with Crippen molar-refractivity contribution in [2.45, 2.75) is 25.9 Å². The van der Waals surface area contributed by atoms with E-state index in [0.29, 0.717) is 0 Å². The summed E-state index contributed by atoms with van der Waals surface area (Å²) in [4.78, 5) is 4.34. The van der Waals surface area contributed by atoms with E-state index in [-0.39, 0.29) is 0 Å². The summed E-state index contributed by atoms with van der Waals surface area (Å²) >= 11 is 0. The van der Waals surface area contributed by atoms with E-state index in [1.165, 1.54) is 12.8 Å². The third-order valence-electron chi connectivity index (χ3n) is 2.93. The van der Waals surface area contributed by atoms with Gasteiger partial charge in [-0.05, 0) is 25.8 Å². The highest BCUT2D eigenvalue weighted by Gasteiger charge is 2.15. The highest BCUT2D eigenvalue weighted by Crippen LogP contribution is 2.17. The van der Waals surface area contributed by atoms with Crippen LogP contribution in [0.3, 0.4) is 0 Å². The number of ether oxygens (including phenoxy) is 1. The number of rotatable bonds is 4. The maximum absolute atomic E-state index is 5.36. The number of imidazole rings is 1. The van der Waals surface area contributed by atoms with Gasteiger partial charge in [0.2, 0.25) is 0 Å². The van der Waals surface area contributed by atoms with E-state index in [4.69, 9.17) is 4.74 Å². The van der Waals surface area contributed by atoms with Crippen molar-refractivity contribution in [1.82, 2.24) is 14.9 Å². The number of nitrogens with zero attached hydrogens (tertiary/aromatic N) is 2. The lowest BCUT2D eigenvalue weighted by atomic mass is 10.0. The van der Waals surface area contributed by atoms with E-state index in [9.17, 15) is 0 Å². The fourth-order valence-corrected chi connectivity index (χ4v) is 2.04. The van der Waals surface area contributed by atoms with Gasteiger partial charge in [0.15, 0.2) is 0 Å². The van der Waals surface area contributed by atoms with Gasteiger partial charge < -0.3 is 14.6 Å². The van der Waals surface area contributed by atoms with Crippen LogP contribution in [0.5, 0.6) is 0 Å². The monoisotopic (exact) mass is 209 g/mol. The summed E-state index contributed by atoms with van der Waals surface area (Å²) in [6.07, 6.45) is 6.31. The van der Waals surface area contributed by atoms with E-state index >= 15 is 0 Å². The Morgan fingerprint density at radius 2 is 2.33 bits per heavy atom. The smallest absolute Gasteiger partial charge is 0.122 e. The maximum Gasteiger partial charge on any atom is 0.122 e. The second kappa shape index (κ2) is 5.28. The van der Waals surface area contributed by atoms with Crippen molar-refractivity contribution in [2.24, 2.45) is 5.92 Å². The fourth-order valence-electron chi connectivity index (χ4n) is 2.04. The molecule has 0 bridgehead atoms. The molecule has 1 aromatic heterocycles. The first-order chi connectivity index (χ1) is 7.40. The van der Waals surface area contributed by atoms with Crippen molar-refractivity contribution < 1.29 is 4.74 Å². The summed E-state index contributed by atoms with van der Waals surface area (Å²) in [5.41, 5.74) is 0. The summed E-state index contributed by atoms with van der Waals surface area (Å²) in [6, 6.07) is 0. The van der Waals surface area contributed by atoms with Crippen LogP contribution in [0.4, 0.5) is 0 Å². The SMILES string of the molecule is CNCc1nccn1CC1CCOCC1. The molecule has 4 nitrogen and oxygen atoms in total. The Morgan fingerprint density at radius 1 is 1.53 bits per heavy atom. The standard InChI is InChI=1S/C11H19N3O/c1-12-8-11-13-4-5-14(11)9-10-2-6-15-7-3-10/h4-5,10,12H,2-3,6-9H2,1H3. The van der Waals surface area contributed by atoms with Crippen LogP contribution in [0.2, 0.25) is 0 Å². The Bertz CT molecular complexity index is 292. The van der Waals surface area contributed by atoms with Crippen LogP contribution in [0, 0.1) is 5.92 Å². The van der Waals surface area contributed by atoms with Crippen LogP contribution < -0.4 is 5.32 Å². The fraction of sp³-hybridized carbons (Fsp3) is 0.727. The van der Waals surface area contributed by atoms with Gasteiger partial charge in [0.1, 0.15) is 5.82 Å². The van der Waals surface area contributed by atoms with Gasteiger partial charge in [0.05, 0.1) is 6.54 Å². The Balaban J connectivity index is 1.93. The van der Waals surface area contributed by atoms with Gasteiger partial charge in [-0.3, -0.25) is 0 Å². The minimum absolute atomic E-state index is 0.753. The molecule has 1 aliphatic heterocycles. The zero-order chi connectivity index (χ0) is 10.5. The van der Waals surface area contributed by atoms with Gasteiger partial charge in [0, 0.05) is 32.2 Å². The molecular formula is C11H19N3O. The van der Waals surface area contributed by atoms with Gasteiger partial charge in [-0.1, -0.05) is 0 Å². The second-order valence-electron chi connectivity index (χ2n) is 4.08. The number of nitrogens with one attached hydrogen (secondary N) is 1. The van der Waals surface area contributed by atoms with Crippen molar-refractivity contribution in [1.29, 1.82) is 0 Å². The summed E-state index contributed by atoms with van der Waals surface area (Å²) in [5.74, 6) is 1.88. The Morgan fingerprint density at radius 3 is 3.07 bits per heavy atom. The lowest BCUT2D eigenvalue weighted by Crippen LogP contribution is -2.22. The number of hydrogen-bond acceptors (Lipinski definition) is 3. The molecule has 1 aliphatic rings. The van der Waals surface area contributed by atoms with E-state index in [1.807, 2.05) is 13.2 Å². The average molecular weight is 209 g/mol. The molecule has 0 saturated carbocycles. The topological polar surface area (TPSA) is 39.1 Å². The molecule has 0 aromatic carbocycles. The van der Waals surface area contributed by atoms with E-state index in [2.05, 4.69) is 21.1 Å². The molecule has 1 aromatic rings. The van der Waals surface area contributed by atoms with Gasteiger partial charge in [-0.2, -0.15) is 0 Å². The molecule has 0 atom stereocenters. The highest BCUT2D eigenvalue weighted by molar-refractivity contribution is 4.92. The molecule has 84 valence electrons. The maximum atomic E-state index is 5.36. The lowest BCUT2D eigenvalue weighted by molar-refractivity contribution is 0.0610. The minimum atomic E-state index is 0.753. The van der Waals surface area contributed by atoms with Crippen LogP contribution in [0.15, 0.2) is 12.4 Å². The van der Waals surface area contributed by atoms with Crippen LogP contribution in [0.1, 0.15) is 18.7 Å². The van der Waals surface area contributed by atoms with Crippen molar-refractivity contribution >= 4 is 0 Å². The molecule has 1 N–H and O–H groups in total. The van der Waals surface area contributed by atoms with Crippen molar-refractivity contribution in [2.75, 3.05) is 20.3 Å². The molecule has 0 radical (unpaired) electrons. The molecule has 0 amide bonds. The summed E-state index contributed by atoms with van der Waals surface area (Å²) in [6.45, 7) is 3.76. The van der Waals surface area contributed by atoms with Gasteiger partial charge in [-0.15, -0.1) is 0 Å². The van der Waals surface area contributed by atoms with Crippen LogP contribution >= 0.6 is 0 Å². The summed E-state index contributed by atoms with van der Waals surface area (Å²) in [7, 11) is 1.95. The first kappa shape index (κ1) is 10.6.